The highest BCUT2D eigenvalue weighted by molar-refractivity contribution is 7.89. The number of nitrogens with zero attached hydrogens (tertiary/aromatic N) is 2. The summed E-state index contributed by atoms with van der Waals surface area (Å²) in [7, 11) is -3.96. The van der Waals surface area contributed by atoms with Crippen LogP contribution in [0.2, 0.25) is 0 Å². The molecule has 9 nitrogen and oxygen atoms in total. The molecule has 1 aliphatic heterocycles. The fourth-order valence-corrected chi connectivity index (χ4v) is 3.21. The second kappa shape index (κ2) is 8.73. The number of anilines is 2. The highest BCUT2D eigenvalue weighted by atomic mass is 32.2. The van der Waals surface area contributed by atoms with Gasteiger partial charge in [-0.25, -0.2) is 18.5 Å². The van der Waals surface area contributed by atoms with Crippen molar-refractivity contribution in [3.63, 3.8) is 0 Å². The Morgan fingerprint density at radius 1 is 1.19 bits per heavy atom. The molecule has 0 spiro atoms. The van der Waals surface area contributed by atoms with Crippen molar-refractivity contribution in [1.29, 1.82) is 0 Å². The summed E-state index contributed by atoms with van der Waals surface area (Å²) in [5, 5.41) is 17.5. The molecule has 2 atom stereocenters. The van der Waals surface area contributed by atoms with Crippen molar-refractivity contribution in [2.75, 3.05) is 18.5 Å². The number of aliphatic hydroxyl groups excluding tert-OH is 1. The summed E-state index contributed by atoms with van der Waals surface area (Å²) in [5.41, 5.74) is -1.46. The van der Waals surface area contributed by atoms with Gasteiger partial charge in [0.15, 0.2) is 0 Å². The first-order valence-electron chi connectivity index (χ1n) is 8.93. The molecule has 1 fully saturated rings. The molecule has 0 saturated carbocycles. The molecule has 0 aliphatic carbocycles. The van der Waals surface area contributed by atoms with E-state index in [0.29, 0.717) is 0 Å². The number of aliphatic hydroxyl groups is 1. The van der Waals surface area contributed by atoms with Gasteiger partial charge in [-0.05, 0) is 24.3 Å². The molecular formula is C17H17F5N4O5S. The molecule has 3 rings (SSSR count). The predicted octanol–water partition coefficient (Wildman–Crippen LogP) is 2.05. The maximum atomic E-state index is 14.0. The Morgan fingerprint density at radius 2 is 1.84 bits per heavy atom. The lowest BCUT2D eigenvalue weighted by atomic mass is 10.1. The van der Waals surface area contributed by atoms with Crippen molar-refractivity contribution in [3.8, 4) is 5.88 Å². The number of primary sulfonamides is 1. The van der Waals surface area contributed by atoms with Gasteiger partial charge < -0.3 is 19.9 Å². The summed E-state index contributed by atoms with van der Waals surface area (Å²) >= 11 is 0. The molecule has 0 radical (unpaired) electrons. The number of rotatable bonds is 6. The van der Waals surface area contributed by atoms with E-state index in [4.69, 9.17) is 14.6 Å². The van der Waals surface area contributed by atoms with Gasteiger partial charge >= 0.3 is 12.1 Å². The number of ether oxygens (including phenoxy) is 2. The third kappa shape index (κ3) is 5.23. The zero-order valence-electron chi connectivity index (χ0n) is 16.0. The van der Waals surface area contributed by atoms with Crippen LogP contribution >= 0.6 is 0 Å². The Bertz CT molecular complexity index is 1070. The third-order valence-corrected chi connectivity index (χ3v) is 5.35. The standard InChI is InChI=1S/C17H17F5N4O5S/c18-16(19,17(20,21)22)11-7-24-15(25-9-1-3-10(4-2-9)32(23,28)29)26-14(11)31-13-8-30-6-5-12(13)27/h1-4,7,12-13,27H,5-6,8H2,(H2,23,28,29)(H,24,25,26)/t12-,13+/m1/s1. The zero-order chi connectivity index (χ0) is 23.7. The van der Waals surface area contributed by atoms with Crippen molar-refractivity contribution in [2.45, 2.75) is 35.6 Å². The molecule has 1 saturated heterocycles. The molecular weight excluding hydrogens is 467 g/mol. The van der Waals surface area contributed by atoms with Crippen LogP contribution in [0.25, 0.3) is 0 Å². The van der Waals surface area contributed by atoms with Crippen LogP contribution in [0.3, 0.4) is 0 Å². The normalized spacial score (nSPS) is 20.1. The molecule has 4 N–H and O–H groups in total. The van der Waals surface area contributed by atoms with Gasteiger partial charge in [-0.15, -0.1) is 0 Å². The molecule has 0 amide bonds. The lowest BCUT2D eigenvalue weighted by molar-refractivity contribution is -0.290. The van der Waals surface area contributed by atoms with E-state index >= 15 is 0 Å². The fourth-order valence-electron chi connectivity index (χ4n) is 2.70. The molecule has 2 heterocycles. The van der Waals surface area contributed by atoms with Crippen molar-refractivity contribution in [2.24, 2.45) is 5.14 Å². The van der Waals surface area contributed by atoms with Crippen LogP contribution in [-0.2, 0) is 20.7 Å². The largest absolute Gasteiger partial charge is 0.469 e. The van der Waals surface area contributed by atoms with E-state index < -0.39 is 51.7 Å². The number of hydrogen-bond acceptors (Lipinski definition) is 8. The van der Waals surface area contributed by atoms with Crippen LogP contribution in [0, 0.1) is 0 Å². The number of nitrogens with one attached hydrogen (secondary N) is 1. The van der Waals surface area contributed by atoms with E-state index in [1.807, 2.05) is 0 Å². The predicted molar refractivity (Wildman–Crippen MR) is 98.9 cm³/mol. The summed E-state index contributed by atoms with van der Waals surface area (Å²) in [4.78, 5) is 6.88. The van der Waals surface area contributed by atoms with Gasteiger partial charge in [-0.3, -0.25) is 0 Å². The number of hydrogen-bond donors (Lipinski definition) is 3. The maximum absolute atomic E-state index is 14.0. The van der Waals surface area contributed by atoms with Gasteiger partial charge in [-0.2, -0.15) is 26.9 Å². The molecule has 15 heteroatoms. The summed E-state index contributed by atoms with van der Waals surface area (Å²) in [6.07, 6.45) is -8.01. The Hall–Kier alpha value is -2.62. The number of alkyl halides is 5. The maximum Gasteiger partial charge on any atom is 0.458 e. The second-order valence-electron chi connectivity index (χ2n) is 6.77. The second-order valence-corrected chi connectivity index (χ2v) is 8.33. The molecule has 0 bridgehead atoms. The molecule has 32 heavy (non-hydrogen) atoms. The minimum Gasteiger partial charge on any atom is -0.469 e. The van der Waals surface area contributed by atoms with Crippen LogP contribution < -0.4 is 15.2 Å². The topological polar surface area (TPSA) is 137 Å². The third-order valence-electron chi connectivity index (χ3n) is 4.42. The first kappa shape index (κ1) is 24.0. The quantitative estimate of drug-likeness (QED) is 0.530. The van der Waals surface area contributed by atoms with E-state index in [9.17, 15) is 35.5 Å². The number of halogens is 5. The SMILES string of the molecule is NS(=O)(=O)c1ccc(Nc2ncc(C(F)(F)C(F)(F)F)c(O[C@H]3COCC[C@H]3O)n2)cc1. The fraction of sp³-hybridized carbons (Fsp3) is 0.412. The summed E-state index contributed by atoms with van der Waals surface area (Å²) in [6, 6.07) is 4.77. The van der Waals surface area contributed by atoms with Crippen LogP contribution in [0.1, 0.15) is 12.0 Å². The Morgan fingerprint density at radius 3 is 2.41 bits per heavy atom. The van der Waals surface area contributed by atoms with Crippen LogP contribution in [-0.4, -0.2) is 55.1 Å². The van der Waals surface area contributed by atoms with Gasteiger partial charge in [0.1, 0.15) is 11.7 Å². The van der Waals surface area contributed by atoms with E-state index in [1.54, 1.807) is 0 Å². The van der Waals surface area contributed by atoms with E-state index in [1.165, 1.54) is 12.1 Å². The lowest BCUT2D eigenvalue weighted by Gasteiger charge is -2.29. The Labute approximate surface area is 178 Å². The number of sulfonamides is 1. The minimum absolute atomic E-state index is 0.0856. The highest BCUT2D eigenvalue weighted by Gasteiger charge is 2.61. The first-order chi connectivity index (χ1) is 14.8. The minimum atomic E-state index is -5.95. The lowest BCUT2D eigenvalue weighted by Crippen LogP contribution is -2.42. The van der Waals surface area contributed by atoms with E-state index in [-0.39, 0.29) is 36.4 Å². The van der Waals surface area contributed by atoms with Crippen LogP contribution in [0.4, 0.5) is 33.6 Å². The average Bonchev–Trinajstić information content (AvgIpc) is 2.69. The summed E-state index contributed by atoms with van der Waals surface area (Å²) < 4.78 is 99.7. The smallest absolute Gasteiger partial charge is 0.458 e. The first-order valence-corrected chi connectivity index (χ1v) is 10.5. The van der Waals surface area contributed by atoms with Gasteiger partial charge in [0, 0.05) is 24.9 Å². The number of nitrogens with two attached hydrogens (primary N) is 1. The summed E-state index contributed by atoms with van der Waals surface area (Å²) in [5.74, 6) is -6.85. The molecule has 2 aromatic rings. The highest BCUT2D eigenvalue weighted by Crippen LogP contribution is 2.46. The van der Waals surface area contributed by atoms with Crippen molar-refractivity contribution in [3.05, 3.63) is 36.0 Å². The zero-order valence-corrected chi connectivity index (χ0v) is 16.8. The molecule has 1 aromatic heterocycles. The van der Waals surface area contributed by atoms with Gasteiger partial charge in [0.05, 0.1) is 17.6 Å². The molecule has 1 aliphatic rings. The molecule has 0 unspecified atom stereocenters. The van der Waals surface area contributed by atoms with Crippen LogP contribution in [0.15, 0.2) is 35.4 Å². The Kier molecular flexibility index (Phi) is 6.55. The average molecular weight is 484 g/mol. The van der Waals surface area contributed by atoms with Crippen molar-refractivity contribution >= 4 is 21.7 Å². The van der Waals surface area contributed by atoms with Crippen LogP contribution in [0.5, 0.6) is 5.88 Å². The van der Waals surface area contributed by atoms with E-state index in [2.05, 4.69) is 15.3 Å². The van der Waals surface area contributed by atoms with Gasteiger partial charge in [-0.1, -0.05) is 0 Å². The van der Waals surface area contributed by atoms with Gasteiger partial charge in [0.25, 0.3) is 0 Å². The van der Waals surface area contributed by atoms with Crippen molar-refractivity contribution in [1.82, 2.24) is 9.97 Å². The van der Waals surface area contributed by atoms with E-state index in [0.717, 1.165) is 12.1 Å². The summed E-state index contributed by atoms with van der Waals surface area (Å²) in [6.45, 7) is -0.0856. The number of aromatic nitrogens is 2. The Balaban J connectivity index is 1.95. The monoisotopic (exact) mass is 484 g/mol. The number of benzene rings is 1. The van der Waals surface area contributed by atoms with Crippen molar-refractivity contribution < 1.29 is 45.0 Å². The molecule has 176 valence electrons. The van der Waals surface area contributed by atoms with Gasteiger partial charge in [0.2, 0.25) is 21.9 Å². The molecule has 1 aromatic carbocycles.